The first-order valence-electron chi connectivity index (χ1n) is 6.25. The van der Waals surface area contributed by atoms with Crippen LogP contribution in [0.1, 0.15) is 25.7 Å². The molecular formula is C13H16ClFN2. The maximum Gasteiger partial charge on any atom is 0.144 e. The van der Waals surface area contributed by atoms with Gasteiger partial charge in [0.1, 0.15) is 5.82 Å². The molecule has 1 heterocycles. The molecule has 2 nitrogen and oxygen atoms in total. The van der Waals surface area contributed by atoms with Gasteiger partial charge < -0.3 is 10.2 Å². The van der Waals surface area contributed by atoms with Crippen molar-refractivity contribution in [3.05, 3.63) is 23.0 Å². The third kappa shape index (κ3) is 1.97. The minimum Gasteiger partial charge on any atom is -0.382 e. The van der Waals surface area contributed by atoms with Gasteiger partial charge in [0.15, 0.2) is 0 Å². The molecule has 92 valence electrons. The quantitative estimate of drug-likeness (QED) is 0.823. The Bertz CT molecular complexity index is 430. The van der Waals surface area contributed by atoms with E-state index in [9.17, 15) is 4.39 Å². The molecule has 0 saturated heterocycles. The Morgan fingerprint density at radius 2 is 2.06 bits per heavy atom. The summed E-state index contributed by atoms with van der Waals surface area (Å²) in [6.45, 7) is 1.87. The number of benzene rings is 1. The van der Waals surface area contributed by atoms with Gasteiger partial charge in [-0.2, -0.15) is 0 Å². The van der Waals surface area contributed by atoms with Gasteiger partial charge in [0.25, 0.3) is 0 Å². The Balaban J connectivity index is 1.97. The van der Waals surface area contributed by atoms with Crippen molar-refractivity contribution in [1.29, 1.82) is 0 Å². The molecule has 1 aromatic rings. The third-order valence-electron chi connectivity index (χ3n) is 3.78. The summed E-state index contributed by atoms with van der Waals surface area (Å²) in [5, 5.41) is 3.49. The molecule has 0 unspecified atom stereocenters. The van der Waals surface area contributed by atoms with Crippen LogP contribution in [0.25, 0.3) is 0 Å². The summed E-state index contributed by atoms with van der Waals surface area (Å²) >= 11 is 5.82. The van der Waals surface area contributed by atoms with Crippen LogP contribution in [0, 0.1) is 5.82 Å². The van der Waals surface area contributed by atoms with E-state index in [1.807, 2.05) is 0 Å². The van der Waals surface area contributed by atoms with E-state index in [4.69, 9.17) is 11.6 Å². The highest BCUT2D eigenvalue weighted by Crippen LogP contribution is 2.37. The number of hydrogen-bond donors (Lipinski definition) is 1. The zero-order valence-electron chi connectivity index (χ0n) is 9.68. The van der Waals surface area contributed by atoms with E-state index in [-0.39, 0.29) is 10.8 Å². The average Bonchev–Trinajstić information content (AvgIpc) is 2.83. The topological polar surface area (TPSA) is 15.3 Å². The first kappa shape index (κ1) is 11.1. The van der Waals surface area contributed by atoms with Gasteiger partial charge in [-0.25, -0.2) is 4.39 Å². The number of nitrogens with zero attached hydrogens (tertiary/aromatic N) is 1. The molecule has 0 amide bonds. The van der Waals surface area contributed by atoms with Gasteiger partial charge in [-0.3, -0.25) is 0 Å². The summed E-state index contributed by atoms with van der Waals surface area (Å²) in [6.07, 6.45) is 5.04. The van der Waals surface area contributed by atoms with Crippen LogP contribution >= 0.6 is 11.6 Å². The second-order valence-electron chi connectivity index (χ2n) is 4.84. The predicted molar refractivity (Wildman–Crippen MR) is 69.5 cm³/mol. The van der Waals surface area contributed by atoms with Crippen molar-refractivity contribution >= 4 is 23.0 Å². The molecule has 1 aliphatic carbocycles. The van der Waals surface area contributed by atoms with Crippen molar-refractivity contribution < 1.29 is 4.39 Å². The molecule has 3 rings (SSSR count). The summed E-state index contributed by atoms with van der Waals surface area (Å²) < 4.78 is 13.6. The molecule has 1 aromatic carbocycles. The first-order chi connectivity index (χ1) is 8.25. The molecule has 2 aliphatic rings. The highest BCUT2D eigenvalue weighted by atomic mass is 35.5. The van der Waals surface area contributed by atoms with E-state index in [1.54, 1.807) is 12.1 Å². The van der Waals surface area contributed by atoms with Crippen LogP contribution < -0.4 is 10.2 Å². The molecule has 1 fully saturated rings. The second-order valence-corrected chi connectivity index (χ2v) is 5.25. The van der Waals surface area contributed by atoms with E-state index in [2.05, 4.69) is 10.2 Å². The van der Waals surface area contributed by atoms with E-state index < -0.39 is 0 Å². The minimum atomic E-state index is -0.322. The Hall–Kier alpha value is -0.960. The van der Waals surface area contributed by atoms with Crippen LogP contribution in [-0.4, -0.2) is 19.1 Å². The fourth-order valence-corrected chi connectivity index (χ4v) is 3.11. The number of nitrogens with one attached hydrogen (secondary N) is 1. The van der Waals surface area contributed by atoms with Gasteiger partial charge in [-0.05, 0) is 18.9 Å². The molecule has 1 saturated carbocycles. The third-order valence-corrected chi connectivity index (χ3v) is 4.07. The number of halogens is 2. The van der Waals surface area contributed by atoms with E-state index in [1.165, 1.54) is 25.7 Å². The Labute approximate surface area is 106 Å². The standard InChI is InChI=1S/C13H16ClFN2/c14-10-7-12-13(8-11(10)15)17(6-5-16-12)9-3-1-2-4-9/h7-9,16H,1-6H2. The Morgan fingerprint density at radius 3 is 2.82 bits per heavy atom. The van der Waals surface area contributed by atoms with Gasteiger partial charge in [-0.1, -0.05) is 24.4 Å². The van der Waals surface area contributed by atoms with E-state index in [0.717, 1.165) is 24.5 Å². The molecular weight excluding hydrogens is 239 g/mol. The molecule has 1 aliphatic heterocycles. The van der Waals surface area contributed by atoms with Crippen molar-refractivity contribution in [1.82, 2.24) is 0 Å². The monoisotopic (exact) mass is 254 g/mol. The summed E-state index contributed by atoms with van der Waals surface area (Å²) in [7, 11) is 0. The smallest absolute Gasteiger partial charge is 0.144 e. The minimum absolute atomic E-state index is 0.199. The van der Waals surface area contributed by atoms with E-state index in [0.29, 0.717) is 6.04 Å². The highest BCUT2D eigenvalue weighted by Gasteiger charge is 2.27. The SMILES string of the molecule is Fc1cc2c(cc1Cl)NCCN2C1CCCC1. The van der Waals surface area contributed by atoms with Crippen LogP contribution in [0.15, 0.2) is 12.1 Å². The number of fused-ring (bicyclic) bond motifs is 1. The van der Waals surface area contributed by atoms with Gasteiger partial charge in [0.2, 0.25) is 0 Å². The van der Waals surface area contributed by atoms with Gasteiger partial charge in [0.05, 0.1) is 16.4 Å². The second kappa shape index (κ2) is 4.37. The van der Waals surface area contributed by atoms with Crippen molar-refractivity contribution in [2.24, 2.45) is 0 Å². The fourth-order valence-electron chi connectivity index (χ4n) is 2.94. The van der Waals surface area contributed by atoms with Gasteiger partial charge >= 0.3 is 0 Å². The van der Waals surface area contributed by atoms with Crippen molar-refractivity contribution in [2.45, 2.75) is 31.7 Å². The summed E-state index contributed by atoms with van der Waals surface area (Å²) in [4.78, 5) is 2.35. The van der Waals surface area contributed by atoms with Gasteiger partial charge in [0, 0.05) is 25.2 Å². The lowest BCUT2D eigenvalue weighted by Gasteiger charge is -2.36. The normalized spacial score (nSPS) is 20.2. The van der Waals surface area contributed by atoms with Crippen molar-refractivity contribution in [3.63, 3.8) is 0 Å². The number of anilines is 2. The van der Waals surface area contributed by atoms with Crippen molar-refractivity contribution in [2.75, 3.05) is 23.3 Å². The lowest BCUT2D eigenvalue weighted by Crippen LogP contribution is -2.40. The lowest BCUT2D eigenvalue weighted by atomic mass is 10.1. The molecule has 17 heavy (non-hydrogen) atoms. The lowest BCUT2D eigenvalue weighted by molar-refractivity contribution is 0.596. The van der Waals surface area contributed by atoms with Crippen LogP contribution in [-0.2, 0) is 0 Å². The first-order valence-corrected chi connectivity index (χ1v) is 6.63. The fraction of sp³-hybridized carbons (Fsp3) is 0.538. The molecule has 0 atom stereocenters. The average molecular weight is 255 g/mol. The molecule has 0 aromatic heterocycles. The molecule has 4 heteroatoms. The van der Waals surface area contributed by atoms with Gasteiger partial charge in [-0.15, -0.1) is 0 Å². The number of rotatable bonds is 1. The molecule has 1 N–H and O–H groups in total. The van der Waals surface area contributed by atoms with Crippen LogP contribution in [0.4, 0.5) is 15.8 Å². The Morgan fingerprint density at radius 1 is 1.29 bits per heavy atom. The Kier molecular flexibility index (Phi) is 2.87. The highest BCUT2D eigenvalue weighted by molar-refractivity contribution is 6.31. The van der Waals surface area contributed by atoms with Crippen LogP contribution in [0.5, 0.6) is 0 Å². The summed E-state index contributed by atoms with van der Waals surface area (Å²) in [6, 6.07) is 3.85. The largest absolute Gasteiger partial charge is 0.382 e. The summed E-state index contributed by atoms with van der Waals surface area (Å²) in [5.41, 5.74) is 1.94. The van der Waals surface area contributed by atoms with Crippen LogP contribution in [0.2, 0.25) is 5.02 Å². The zero-order valence-corrected chi connectivity index (χ0v) is 10.4. The molecule has 0 radical (unpaired) electrons. The number of hydrogen-bond acceptors (Lipinski definition) is 2. The molecule has 0 spiro atoms. The maximum atomic E-state index is 13.6. The van der Waals surface area contributed by atoms with Crippen molar-refractivity contribution in [3.8, 4) is 0 Å². The zero-order chi connectivity index (χ0) is 11.8. The molecule has 0 bridgehead atoms. The summed E-state index contributed by atoms with van der Waals surface area (Å²) in [5.74, 6) is -0.322. The van der Waals surface area contributed by atoms with E-state index >= 15 is 0 Å². The predicted octanol–water partition coefficient (Wildman–Crippen LogP) is 3.65. The van der Waals surface area contributed by atoms with Crippen LogP contribution in [0.3, 0.4) is 0 Å². The maximum absolute atomic E-state index is 13.6.